The van der Waals surface area contributed by atoms with Crippen LogP contribution in [-0.4, -0.2) is 129 Å². The van der Waals surface area contributed by atoms with Crippen molar-refractivity contribution < 1.29 is 38.7 Å². The van der Waals surface area contributed by atoms with Crippen LogP contribution in [-0.2, 0) is 59.2 Å². The maximum atomic E-state index is 14.9. The number of nitrogens with two attached hydrogens (primary N) is 3. The van der Waals surface area contributed by atoms with Gasteiger partial charge in [0.25, 0.3) is 0 Å². The number of hydrogen-bond acceptors (Lipinski definition) is 13. The minimum absolute atomic E-state index is 0.0359. The SMILES string of the molecule is CC(C)[C@@H]1NC(=O)[C@H](CCCCN)NC(=O)[C@@H](Cc2c[nH]c3ccccc23)NC(=O)[C@H](Cc2ccc(O)cc2)NC(=O)[C@@H](NC(=O)[C@H](N)Cc2ccccc2)CSSC[C@H](C(=O)N[C@@H](Cc2c[nH]c3ccccc23)C(=N)N)NC1=O. The number of para-hydroxylation sites is 2. The highest BCUT2D eigenvalue weighted by atomic mass is 33.1. The number of aromatic hydroxyl groups is 1. The average molecular weight is 1130 g/mol. The van der Waals surface area contributed by atoms with Gasteiger partial charge >= 0.3 is 0 Å². The van der Waals surface area contributed by atoms with E-state index >= 15 is 0 Å². The summed E-state index contributed by atoms with van der Waals surface area (Å²) < 4.78 is 0. The van der Waals surface area contributed by atoms with Gasteiger partial charge in [-0.1, -0.05) is 114 Å². The molecule has 2 aromatic heterocycles. The lowest BCUT2D eigenvalue weighted by Gasteiger charge is -2.29. The van der Waals surface area contributed by atoms with Crippen molar-refractivity contribution in [3.63, 3.8) is 0 Å². The van der Waals surface area contributed by atoms with E-state index < -0.39 is 95.6 Å². The molecule has 0 bridgehead atoms. The Morgan fingerprint density at radius 3 is 1.89 bits per heavy atom. The van der Waals surface area contributed by atoms with Crippen molar-refractivity contribution in [1.82, 2.24) is 47.2 Å². The summed E-state index contributed by atoms with van der Waals surface area (Å²) in [5.41, 5.74) is 22.8. The highest BCUT2D eigenvalue weighted by Crippen LogP contribution is 2.25. The third-order valence-electron chi connectivity index (χ3n) is 13.8. The molecule has 8 atom stereocenters. The van der Waals surface area contributed by atoms with Gasteiger partial charge in [0.05, 0.1) is 12.1 Å². The number of aromatic nitrogens is 2. The van der Waals surface area contributed by atoms with Crippen molar-refractivity contribution in [1.29, 1.82) is 5.41 Å². The number of carbonyl (C=O) groups is 7. The number of fused-ring (bicyclic) bond motifs is 2. The van der Waals surface area contributed by atoms with Crippen molar-refractivity contribution in [2.75, 3.05) is 18.1 Å². The summed E-state index contributed by atoms with van der Waals surface area (Å²) in [5, 5.41) is 40.1. The summed E-state index contributed by atoms with van der Waals surface area (Å²) in [6, 6.07) is 20.0. The largest absolute Gasteiger partial charge is 0.508 e. The number of H-pyrrole nitrogens is 2. The van der Waals surface area contributed by atoms with Crippen molar-refractivity contribution in [2.24, 2.45) is 23.1 Å². The number of rotatable bonds is 18. The fraction of sp³-hybridized carbons (Fsp3) is 0.368. The summed E-state index contributed by atoms with van der Waals surface area (Å²) >= 11 is 0. The molecule has 7 rings (SSSR count). The molecule has 1 aliphatic heterocycles. The van der Waals surface area contributed by atoms with Gasteiger partial charge in [0.2, 0.25) is 41.4 Å². The molecule has 6 aromatic rings. The van der Waals surface area contributed by atoms with E-state index in [0.717, 1.165) is 54.5 Å². The molecule has 0 unspecified atom stereocenters. The van der Waals surface area contributed by atoms with Crippen molar-refractivity contribution in [2.45, 2.75) is 107 Å². The highest BCUT2D eigenvalue weighted by Gasteiger charge is 2.36. The van der Waals surface area contributed by atoms with Crippen LogP contribution >= 0.6 is 21.6 Å². The van der Waals surface area contributed by atoms with Crippen molar-refractivity contribution in [3.05, 3.63) is 138 Å². The van der Waals surface area contributed by atoms with Crippen LogP contribution in [0.2, 0.25) is 0 Å². The maximum absolute atomic E-state index is 14.9. The zero-order valence-electron chi connectivity index (χ0n) is 44.6. The maximum Gasteiger partial charge on any atom is 0.244 e. The van der Waals surface area contributed by atoms with Gasteiger partial charge in [-0.25, -0.2) is 0 Å². The minimum atomic E-state index is -1.39. The smallest absolute Gasteiger partial charge is 0.244 e. The van der Waals surface area contributed by atoms with Gasteiger partial charge in [0, 0.05) is 65.0 Å². The third kappa shape index (κ3) is 16.6. The molecular formula is C57H71N13O8S2. The lowest BCUT2D eigenvalue weighted by Crippen LogP contribution is -2.61. The second-order valence-corrected chi connectivity index (χ2v) is 22.8. The quantitative estimate of drug-likeness (QED) is 0.0255. The average Bonchev–Trinajstić information content (AvgIpc) is 4.06. The number of unbranched alkanes of at least 4 members (excludes halogenated alkanes) is 1. The van der Waals surface area contributed by atoms with Crippen LogP contribution in [0.15, 0.2) is 116 Å². The number of amidine groups is 1. The van der Waals surface area contributed by atoms with E-state index in [9.17, 15) is 38.7 Å². The molecule has 80 heavy (non-hydrogen) atoms. The molecule has 21 nitrogen and oxygen atoms in total. The molecule has 23 heteroatoms. The number of phenolic OH excluding ortho intramolecular Hbond substituents is 1. The van der Waals surface area contributed by atoms with Crippen LogP contribution in [0.3, 0.4) is 0 Å². The van der Waals surface area contributed by atoms with Gasteiger partial charge in [0.1, 0.15) is 47.8 Å². The zero-order valence-corrected chi connectivity index (χ0v) is 46.2. The molecule has 0 aliphatic carbocycles. The second-order valence-electron chi connectivity index (χ2n) is 20.2. The highest BCUT2D eigenvalue weighted by molar-refractivity contribution is 8.76. The van der Waals surface area contributed by atoms with Crippen molar-refractivity contribution in [3.8, 4) is 5.75 Å². The molecule has 0 saturated carbocycles. The number of amides is 7. The molecule has 4 aromatic carbocycles. The number of nitrogens with one attached hydrogen (secondary N) is 10. The molecule has 0 spiro atoms. The summed E-state index contributed by atoms with van der Waals surface area (Å²) in [7, 11) is 2.18. The van der Waals surface area contributed by atoms with Gasteiger partial charge in [-0.15, -0.1) is 0 Å². The number of benzene rings is 4. The Morgan fingerprint density at radius 1 is 0.662 bits per heavy atom. The van der Waals surface area contributed by atoms with Crippen LogP contribution < -0.4 is 54.4 Å². The van der Waals surface area contributed by atoms with E-state index in [2.05, 4.69) is 47.2 Å². The van der Waals surface area contributed by atoms with Crippen LogP contribution in [0.1, 0.15) is 55.4 Å². The number of aromatic amines is 2. The molecule has 0 radical (unpaired) electrons. The first-order valence-corrected chi connectivity index (χ1v) is 29.0. The lowest BCUT2D eigenvalue weighted by molar-refractivity contribution is -0.135. The van der Waals surface area contributed by atoms with Gasteiger partial charge < -0.3 is 69.5 Å². The summed E-state index contributed by atoms with van der Waals surface area (Å²) in [4.78, 5) is 108. The monoisotopic (exact) mass is 1130 g/mol. The van der Waals surface area contributed by atoms with E-state index in [-0.39, 0.29) is 55.2 Å². The van der Waals surface area contributed by atoms with Gasteiger partial charge in [-0.3, -0.25) is 39.0 Å². The Kier molecular flexibility index (Phi) is 21.6. The molecule has 7 amide bonds. The fourth-order valence-corrected chi connectivity index (χ4v) is 11.6. The van der Waals surface area contributed by atoms with E-state index in [1.54, 1.807) is 38.4 Å². The van der Waals surface area contributed by atoms with Gasteiger partial charge in [0.15, 0.2) is 0 Å². The fourth-order valence-electron chi connectivity index (χ4n) is 9.30. The molecule has 1 aliphatic rings. The zero-order chi connectivity index (χ0) is 57.3. The third-order valence-corrected chi connectivity index (χ3v) is 16.2. The van der Waals surface area contributed by atoms with E-state index in [0.29, 0.717) is 30.5 Å². The number of hydrogen-bond donors (Lipinski definition) is 14. The Bertz CT molecular complexity index is 3120. The second kappa shape index (κ2) is 28.9. The predicted octanol–water partition coefficient (Wildman–Crippen LogP) is 2.46. The summed E-state index contributed by atoms with van der Waals surface area (Å²) in [6.07, 6.45) is 4.55. The van der Waals surface area contributed by atoms with Crippen LogP contribution in [0, 0.1) is 11.3 Å². The van der Waals surface area contributed by atoms with Gasteiger partial charge in [-0.05, 0) is 84.7 Å². The summed E-state index contributed by atoms with van der Waals surface area (Å²) in [5.74, 6) is -6.31. The Balaban J connectivity index is 1.25. The molecular weight excluding hydrogens is 1060 g/mol. The first-order chi connectivity index (χ1) is 38.5. The normalized spacial score (nSPS) is 20.8. The van der Waals surface area contributed by atoms with Crippen LogP contribution in [0.4, 0.5) is 0 Å². The lowest BCUT2D eigenvalue weighted by atomic mass is 10.00. The topological polar surface area (TPSA) is 357 Å². The first-order valence-electron chi connectivity index (χ1n) is 26.6. The molecule has 1 saturated heterocycles. The van der Waals surface area contributed by atoms with Crippen molar-refractivity contribution >= 4 is 90.6 Å². The number of phenols is 1. The van der Waals surface area contributed by atoms with E-state index in [1.807, 2.05) is 78.9 Å². The minimum Gasteiger partial charge on any atom is -0.508 e. The Labute approximate surface area is 471 Å². The molecule has 1 fully saturated rings. The first kappa shape index (κ1) is 59.8. The Morgan fingerprint density at radius 2 is 1.24 bits per heavy atom. The molecule has 17 N–H and O–H groups in total. The van der Waals surface area contributed by atoms with Gasteiger partial charge in [-0.2, -0.15) is 0 Å². The number of carbonyl (C=O) groups excluding carboxylic acids is 7. The van der Waals surface area contributed by atoms with Crippen LogP contribution in [0.25, 0.3) is 21.8 Å². The predicted molar refractivity (Wildman–Crippen MR) is 312 cm³/mol. The van der Waals surface area contributed by atoms with Crippen LogP contribution in [0.5, 0.6) is 5.75 Å². The Hall–Kier alpha value is -7.86. The van der Waals surface area contributed by atoms with E-state index in [4.69, 9.17) is 22.6 Å². The standard InChI is InChI=1S/C57H71N13O8S2/c1-32(2)49-57(78)69-48(55(76)65-44(50(60)61)26-35-28-62-41-16-8-6-14-38(35)41)31-80-79-30-47(68-51(72)40(59)24-33-12-4-3-5-13-33)56(77)66-45(25-34-19-21-37(71)22-20-34)53(74)67-46(27-36-29-63-42-17-9-7-15-39(36)42)54(75)64-43(52(73)70-49)18-10-11-23-58/h3-9,12-17,19-22,28-29,32,40,43-49,62-63,71H,10-11,18,23-27,30-31,58-59H2,1-2H3,(H3,60,61)(H,64,75)(H,65,76)(H,66,77)(H,67,74)(H,68,72)(H,69,78)(H,70,73)/t40-,43+,44+,45+,46-,47+,48-,49+/m1/s1. The molecule has 3 heterocycles. The van der Waals surface area contributed by atoms with E-state index in [1.165, 1.54) is 12.1 Å². The molecule has 424 valence electrons. The summed E-state index contributed by atoms with van der Waals surface area (Å²) in [6.45, 7) is 3.72.